The van der Waals surface area contributed by atoms with Gasteiger partial charge in [-0.25, -0.2) is 4.98 Å². The summed E-state index contributed by atoms with van der Waals surface area (Å²) in [6.07, 6.45) is 2.34. The highest BCUT2D eigenvalue weighted by Gasteiger charge is 2.27. The number of carbonyl (C=O) groups excluding carboxylic acids is 1. The summed E-state index contributed by atoms with van der Waals surface area (Å²) in [5.41, 5.74) is 0.938. The number of carbonyl (C=O) groups is 1. The van der Waals surface area contributed by atoms with Crippen LogP contribution in [0.5, 0.6) is 5.75 Å². The van der Waals surface area contributed by atoms with Crippen molar-refractivity contribution in [3.8, 4) is 5.75 Å². The first-order valence-electron chi connectivity index (χ1n) is 6.38. The summed E-state index contributed by atoms with van der Waals surface area (Å²) in [6.45, 7) is 0.558. The lowest BCUT2D eigenvalue weighted by molar-refractivity contribution is -0.118. The Hall–Kier alpha value is -1.88. The summed E-state index contributed by atoms with van der Waals surface area (Å²) >= 11 is 3.32. The topological polar surface area (TPSA) is 51.2 Å². The largest absolute Gasteiger partial charge is 0.493 e. The molecule has 2 aromatic rings. The van der Waals surface area contributed by atoms with Gasteiger partial charge in [0.05, 0.1) is 12.5 Å². The third kappa shape index (κ3) is 2.67. The Morgan fingerprint density at radius 2 is 2.15 bits per heavy atom. The smallest absolute Gasteiger partial charge is 0.233 e. The molecule has 102 valence electrons. The molecule has 1 unspecified atom stereocenters. The molecule has 3 rings (SSSR count). The molecule has 0 aliphatic carbocycles. The van der Waals surface area contributed by atoms with Crippen LogP contribution in [0.1, 0.15) is 17.9 Å². The van der Waals surface area contributed by atoms with Crippen LogP contribution in [0.25, 0.3) is 0 Å². The van der Waals surface area contributed by atoms with Crippen molar-refractivity contribution in [3.63, 3.8) is 0 Å². The van der Waals surface area contributed by atoms with E-state index in [4.69, 9.17) is 4.74 Å². The Morgan fingerprint density at radius 1 is 1.30 bits per heavy atom. The third-order valence-corrected chi connectivity index (χ3v) is 3.72. The highest BCUT2D eigenvalue weighted by Crippen LogP contribution is 2.33. The molecule has 0 fully saturated rings. The average molecular weight is 333 g/mol. The van der Waals surface area contributed by atoms with Crippen LogP contribution in [0, 0.1) is 0 Å². The summed E-state index contributed by atoms with van der Waals surface area (Å²) in [5.74, 6) is 1.12. The summed E-state index contributed by atoms with van der Waals surface area (Å²) in [5, 5.41) is 2.85. The molecule has 4 nitrogen and oxygen atoms in total. The van der Waals surface area contributed by atoms with Crippen molar-refractivity contribution in [2.45, 2.75) is 12.3 Å². The maximum atomic E-state index is 12.4. The highest BCUT2D eigenvalue weighted by molar-refractivity contribution is 9.10. The van der Waals surface area contributed by atoms with Gasteiger partial charge in [-0.15, -0.1) is 0 Å². The number of amides is 1. The summed E-state index contributed by atoms with van der Waals surface area (Å²) in [6, 6.07) is 11.3. The van der Waals surface area contributed by atoms with Crippen LogP contribution in [0.15, 0.2) is 47.1 Å². The van der Waals surface area contributed by atoms with Gasteiger partial charge in [0.25, 0.3) is 0 Å². The number of anilines is 1. The Kier molecular flexibility index (Phi) is 3.69. The van der Waals surface area contributed by atoms with Gasteiger partial charge in [-0.3, -0.25) is 4.79 Å². The monoisotopic (exact) mass is 332 g/mol. The average Bonchev–Trinajstić information content (AvgIpc) is 2.49. The first-order chi connectivity index (χ1) is 9.74. The van der Waals surface area contributed by atoms with E-state index in [1.807, 2.05) is 30.3 Å². The molecule has 0 saturated heterocycles. The molecule has 1 atom stereocenters. The zero-order chi connectivity index (χ0) is 13.9. The highest BCUT2D eigenvalue weighted by atomic mass is 79.9. The number of hydrogen-bond acceptors (Lipinski definition) is 3. The van der Waals surface area contributed by atoms with E-state index in [0.717, 1.165) is 15.8 Å². The number of benzene rings is 1. The molecule has 1 aromatic heterocycles. The standard InChI is InChI=1S/C15H13BrN2O2/c16-10-5-6-14(17-9-10)18-15(19)12-7-8-20-13-4-2-1-3-11(12)13/h1-6,9,12H,7-8H2,(H,17,18,19). The molecule has 0 saturated carbocycles. The van der Waals surface area contributed by atoms with E-state index >= 15 is 0 Å². The van der Waals surface area contributed by atoms with E-state index in [0.29, 0.717) is 18.8 Å². The van der Waals surface area contributed by atoms with E-state index in [2.05, 4.69) is 26.2 Å². The molecular formula is C15H13BrN2O2. The van der Waals surface area contributed by atoms with E-state index in [-0.39, 0.29) is 11.8 Å². The number of aromatic nitrogens is 1. The van der Waals surface area contributed by atoms with E-state index in [1.54, 1.807) is 12.3 Å². The summed E-state index contributed by atoms with van der Waals surface area (Å²) < 4.78 is 6.45. The lowest BCUT2D eigenvalue weighted by Gasteiger charge is -2.24. The Balaban J connectivity index is 1.80. The van der Waals surface area contributed by atoms with Gasteiger partial charge in [-0.05, 0) is 40.5 Å². The van der Waals surface area contributed by atoms with Crippen LogP contribution in [0.2, 0.25) is 0 Å². The van der Waals surface area contributed by atoms with Gasteiger partial charge in [0.2, 0.25) is 5.91 Å². The molecule has 20 heavy (non-hydrogen) atoms. The number of ether oxygens (including phenoxy) is 1. The number of para-hydroxylation sites is 1. The van der Waals surface area contributed by atoms with E-state index < -0.39 is 0 Å². The first-order valence-corrected chi connectivity index (χ1v) is 7.17. The first kappa shape index (κ1) is 13.1. The number of halogens is 1. The second-order valence-electron chi connectivity index (χ2n) is 4.58. The number of fused-ring (bicyclic) bond motifs is 1. The van der Waals surface area contributed by atoms with Crippen LogP contribution in [-0.4, -0.2) is 17.5 Å². The minimum Gasteiger partial charge on any atom is -0.493 e. The number of nitrogens with zero attached hydrogens (tertiary/aromatic N) is 1. The minimum absolute atomic E-state index is 0.0458. The van der Waals surface area contributed by atoms with Crippen LogP contribution >= 0.6 is 15.9 Å². The number of nitrogens with one attached hydrogen (secondary N) is 1. The minimum atomic E-state index is -0.189. The molecule has 1 aliphatic rings. The van der Waals surface area contributed by atoms with Crippen molar-refractivity contribution < 1.29 is 9.53 Å². The fourth-order valence-corrected chi connectivity index (χ4v) is 2.51. The molecule has 0 bridgehead atoms. The molecular weight excluding hydrogens is 320 g/mol. The second-order valence-corrected chi connectivity index (χ2v) is 5.49. The van der Waals surface area contributed by atoms with E-state index in [1.165, 1.54) is 0 Å². The van der Waals surface area contributed by atoms with Crippen molar-refractivity contribution in [3.05, 3.63) is 52.6 Å². The lowest BCUT2D eigenvalue weighted by atomic mass is 9.92. The fraction of sp³-hybridized carbons (Fsp3) is 0.200. The van der Waals surface area contributed by atoms with Crippen LogP contribution in [0.3, 0.4) is 0 Å². The quantitative estimate of drug-likeness (QED) is 0.917. The maximum absolute atomic E-state index is 12.4. The summed E-state index contributed by atoms with van der Waals surface area (Å²) in [7, 11) is 0. The third-order valence-electron chi connectivity index (χ3n) is 3.25. The van der Waals surface area contributed by atoms with Gasteiger partial charge in [-0.2, -0.15) is 0 Å². The number of hydrogen-bond donors (Lipinski definition) is 1. The molecule has 1 N–H and O–H groups in total. The number of pyridine rings is 1. The normalized spacial score (nSPS) is 16.9. The van der Waals surface area contributed by atoms with Gasteiger partial charge >= 0.3 is 0 Å². The van der Waals surface area contributed by atoms with Gasteiger partial charge in [0, 0.05) is 16.2 Å². The Labute approximate surface area is 125 Å². The molecule has 1 amide bonds. The SMILES string of the molecule is O=C(Nc1ccc(Br)cn1)C1CCOc2ccccc21. The molecule has 1 aromatic carbocycles. The predicted octanol–water partition coefficient (Wildman–Crippen LogP) is 3.35. The molecule has 1 aliphatic heterocycles. The van der Waals surface area contributed by atoms with Gasteiger partial charge in [0.1, 0.15) is 11.6 Å². The van der Waals surface area contributed by atoms with Gasteiger partial charge in [-0.1, -0.05) is 18.2 Å². The molecule has 2 heterocycles. The van der Waals surface area contributed by atoms with Crippen molar-refractivity contribution in [1.29, 1.82) is 0 Å². The van der Waals surface area contributed by atoms with Crippen molar-refractivity contribution in [2.75, 3.05) is 11.9 Å². The number of rotatable bonds is 2. The predicted molar refractivity (Wildman–Crippen MR) is 79.9 cm³/mol. The molecule has 0 spiro atoms. The van der Waals surface area contributed by atoms with Crippen LogP contribution in [0.4, 0.5) is 5.82 Å². The van der Waals surface area contributed by atoms with Crippen molar-refractivity contribution >= 4 is 27.7 Å². The van der Waals surface area contributed by atoms with Crippen LogP contribution < -0.4 is 10.1 Å². The van der Waals surface area contributed by atoms with Gasteiger partial charge < -0.3 is 10.1 Å². The van der Waals surface area contributed by atoms with E-state index in [9.17, 15) is 4.79 Å². The van der Waals surface area contributed by atoms with Crippen molar-refractivity contribution in [2.24, 2.45) is 0 Å². The Morgan fingerprint density at radius 3 is 2.95 bits per heavy atom. The van der Waals surface area contributed by atoms with Crippen LogP contribution in [-0.2, 0) is 4.79 Å². The van der Waals surface area contributed by atoms with Gasteiger partial charge in [0.15, 0.2) is 0 Å². The summed E-state index contributed by atoms with van der Waals surface area (Å²) in [4.78, 5) is 16.6. The zero-order valence-corrected chi connectivity index (χ0v) is 12.3. The lowest BCUT2D eigenvalue weighted by Crippen LogP contribution is -2.26. The Bertz CT molecular complexity index is 628. The maximum Gasteiger partial charge on any atom is 0.233 e. The van der Waals surface area contributed by atoms with Crippen molar-refractivity contribution in [1.82, 2.24) is 4.98 Å². The second kappa shape index (κ2) is 5.63. The molecule has 0 radical (unpaired) electrons. The molecule has 5 heteroatoms. The zero-order valence-electron chi connectivity index (χ0n) is 10.7. The fourth-order valence-electron chi connectivity index (χ4n) is 2.28.